The fourth-order valence-corrected chi connectivity index (χ4v) is 3.78. The van der Waals surface area contributed by atoms with Crippen molar-refractivity contribution in [1.82, 2.24) is 5.32 Å². The van der Waals surface area contributed by atoms with Gasteiger partial charge in [0.25, 0.3) is 5.91 Å². The summed E-state index contributed by atoms with van der Waals surface area (Å²) in [6.07, 6.45) is 7.13. The number of nitrogens with one attached hydrogen (secondary N) is 1. The molecule has 2 rings (SSSR count). The summed E-state index contributed by atoms with van der Waals surface area (Å²) in [5.74, 6) is 0.0220. The predicted molar refractivity (Wildman–Crippen MR) is 85.5 cm³/mol. The summed E-state index contributed by atoms with van der Waals surface area (Å²) in [5, 5.41) is 3.11. The number of benzene rings is 1. The van der Waals surface area contributed by atoms with E-state index < -0.39 is 0 Å². The molecule has 1 aliphatic carbocycles. The molecular formula is C15H21NOS2. The van der Waals surface area contributed by atoms with E-state index >= 15 is 0 Å². The Bertz CT molecular complexity index is 467. The molecular weight excluding hydrogens is 274 g/mol. The minimum atomic E-state index is 0.0220. The Hall–Kier alpha value is -0.610. The van der Waals surface area contributed by atoms with Gasteiger partial charge < -0.3 is 5.32 Å². The standard InChI is InChI=1S/C15H21NOS2/c1-11-5-6-12(18)9-13(11)14(17)16-10-15(19-2)7-3-4-8-15/h5-6,9,18H,3-4,7-8,10H2,1-2H3,(H,16,17). The monoisotopic (exact) mass is 295 g/mol. The molecule has 1 amide bonds. The van der Waals surface area contributed by atoms with Crippen LogP contribution >= 0.6 is 24.4 Å². The number of hydrogen-bond donors (Lipinski definition) is 2. The molecule has 1 saturated carbocycles. The third-order valence-electron chi connectivity index (χ3n) is 3.98. The second-order valence-corrected chi connectivity index (χ2v) is 7.07. The van der Waals surface area contributed by atoms with Gasteiger partial charge >= 0.3 is 0 Å². The number of carbonyl (C=O) groups excluding carboxylic acids is 1. The molecule has 0 atom stereocenters. The average Bonchev–Trinajstić information content (AvgIpc) is 2.88. The molecule has 0 spiro atoms. The minimum absolute atomic E-state index is 0.0220. The number of thiol groups is 1. The Morgan fingerprint density at radius 2 is 2.11 bits per heavy atom. The van der Waals surface area contributed by atoms with E-state index in [1.807, 2.05) is 36.9 Å². The minimum Gasteiger partial charge on any atom is -0.351 e. The zero-order chi connectivity index (χ0) is 13.9. The smallest absolute Gasteiger partial charge is 0.251 e. The highest BCUT2D eigenvalue weighted by Gasteiger charge is 2.33. The molecule has 0 unspecified atom stereocenters. The van der Waals surface area contributed by atoms with Crippen LogP contribution < -0.4 is 5.32 Å². The lowest BCUT2D eigenvalue weighted by Gasteiger charge is -2.27. The van der Waals surface area contributed by atoms with Crippen molar-refractivity contribution in [2.75, 3.05) is 12.8 Å². The van der Waals surface area contributed by atoms with Crippen LogP contribution in [-0.4, -0.2) is 23.5 Å². The quantitative estimate of drug-likeness (QED) is 0.830. The Balaban J connectivity index is 2.03. The lowest BCUT2D eigenvalue weighted by Crippen LogP contribution is -2.38. The molecule has 1 aromatic rings. The fraction of sp³-hybridized carbons (Fsp3) is 0.533. The first-order valence-electron chi connectivity index (χ1n) is 6.69. The topological polar surface area (TPSA) is 29.1 Å². The molecule has 0 aromatic heterocycles. The van der Waals surface area contributed by atoms with Crippen molar-refractivity contribution in [1.29, 1.82) is 0 Å². The molecule has 2 nitrogen and oxygen atoms in total. The van der Waals surface area contributed by atoms with Gasteiger partial charge in [0.1, 0.15) is 0 Å². The number of aryl methyl sites for hydroxylation is 1. The van der Waals surface area contributed by atoms with E-state index in [9.17, 15) is 4.79 Å². The van der Waals surface area contributed by atoms with Crippen molar-refractivity contribution in [2.24, 2.45) is 0 Å². The molecule has 0 heterocycles. The summed E-state index contributed by atoms with van der Waals surface area (Å²) < 4.78 is 0.252. The molecule has 1 fully saturated rings. The highest BCUT2D eigenvalue weighted by Crippen LogP contribution is 2.39. The summed E-state index contributed by atoms with van der Waals surface area (Å²) in [7, 11) is 0. The second kappa shape index (κ2) is 6.23. The molecule has 0 radical (unpaired) electrons. The van der Waals surface area contributed by atoms with Gasteiger partial charge in [0.2, 0.25) is 0 Å². The Labute approximate surface area is 125 Å². The van der Waals surface area contributed by atoms with Gasteiger partial charge in [-0.15, -0.1) is 12.6 Å². The average molecular weight is 295 g/mol. The maximum absolute atomic E-state index is 12.3. The van der Waals surface area contributed by atoms with Crippen LogP contribution in [0.25, 0.3) is 0 Å². The summed E-state index contributed by atoms with van der Waals surface area (Å²) in [4.78, 5) is 13.1. The van der Waals surface area contributed by atoms with Crippen molar-refractivity contribution in [3.63, 3.8) is 0 Å². The number of carbonyl (C=O) groups is 1. The molecule has 4 heteroatoms. The van der Waals surface area contributed by atoms with Crippen LogP contribution in [0.4, 0.5) is 0 Å². The number of thioether (sulfide) groups is 1. The summed E-state index contributed by atoms with van der Waals surface area (Å²) in [6, 6.07) is 5.70. The van der Waals surface area contributed by atoms with Crippen LogP contribution in [0.3, 0.4) is 0 Å². The first kappa shape index (κ1) is 14.8. The van der Waals surface area contributed by atoms with E-state index in [-0.39, 0.29) is 10.7 Å². The zero-order valence-corrected chi connectivity index (χ0v) is 13.2. The Kier molecular flexibility index (Phi) is 4.85. The maximum atomic E-state index is 12.3. The van der Waals surface area contributed by atoms with E-state index in [1.54, 1.807) is 0 Å². The Morgan fingerprint density at radius 1 is 1.42 bits per heavy atom. The highest BCUT2D eigenvalue weighted by atomic mass is 32.2. The number of hydrogen-bond acceptors (Lipinski definition) is 3. The van der Waals surface area contributed by atoms with Gasteiger partial charge in [0.15, 0.2) is 0 Å². The molecule has 0 aliphatic heterocycles. The van der Waals surface area contributed by atoms with Gasteiger partial charge in [0, 0.05) is 21.8 Å². The SMILES string of the molecule is CSC1(CNC(=O)c2cc(S)ccc2C)CCCC1. The molecule has 1 aliphatic rings. The first-order valence-corrected chi connectivity index (χ1v) is 8.36. The summed E-state index contributed by atoms with van der Waals surface area (Å²) in [6.45, 7) is 2.73. The largest absolute Gasteiger partial charge is 0.351 e. The number of rotatable bonds is 4. The number of amides is 1. The molecule has 1 aromatic carbocycles. The zero-order valence-electron chi connectivity index (χ0n) is 11.5. The molecule has 0 saturated heterocycles. The van der Waals surface area contributed by atoms with E-state index in [1.165, 1.54) is 25.7 Å². The fourth-order valence-electron chi connectivity index (χ4n) is 2.66. The van der Waals surface area contributed by atoms with Gasteiger partial charge in [-0.3, -0.25) is 4.79 Å². The van der Waals surface area contributed by atoms with Crippen LogP contribution in [0.5, 0.6) is 0 Å². The molecule has 19 heavy (non-hydrogen) atoms. The lowest BCUT2D eigenvalue weighted by molar-refractivity contribution is 0.0949. The normalized spacial score (nSPS) is 17.4. The maximum Gasteiger partial charge on any atom is 0.251 e. The van der Waals surface area contributed by atoms with Crippen LogP contribution in [0, 0.1) is 6.92 Å². The van der Waals surface area contributed by atoms with Crippen LogP contribution in [0.1, 0.15) is 41.6 Å². The van der Waals surface area contributed by atoms with Gasteiger partial charge in [-0.05, 0) is 43.7 Å². The van der Waals surface area contributed by atoms with Gasteiger partial charge in [-0.2, -0.15) is 11.8 Å². The lowest BCUT2D eigenvalue weighted by atomic mass is 10.1. The third kappa shape index (κ3) is 3.48. The van der Waals surface area contributed by atoms with E-state index in [2.05, 4.69) is 24.2 Å². The van der Waals surface area contributed by atoms with Crippen LogP contribution in [0.2, 0.25) is 0 Å². The first-order chi connectivity index (χ1) is 9.06. The van der Waals surface area contributed by atoms with Gasteiger partial charge in [-0.25, -0.2) is 0 Å². The van der Waals surface area contributed by atoms with Crippen LogP contribution in [0.15, 0.2) is 23.1 Å². The van der Waals surface area contributed by atoms with Crippen molar-refractivity contribution in [2.45, 2.75) is 42.2 Å². The van der Waals surface area contributed by atoms with E-state index in [4.69, 9.17) is 0 Å². The Morgan fingerprint density at radius 3 is 2.74 bits per heavy atom. The van der Waals surface area contributed by atoms with Crippen molar-refractivity contribution in [3.8, 4) is 0 Å². The summed E-state index contributed by atoms with van der Waals surface area (Å²) in [5.41, 5.74) is 1.74. The van der Waals surface area contributed by atoms with E-state index in [0.717, 1.165) is 22.6 Å². The molecule has 0 bridgehead atoms. The predicted octanol–water partition coefficient (Wildman–Crippen LogP) is 3.69. The van der Waals surface area contributed by atoms with Crippen molar-refractivity contribution < 1.29 is 4.79 Å². The van der Waals surface area contributed by atoms with Gasteiger partial charge in [0.05, 0.1) is 0 Å². The second-order valence-electron chi connectivity index (χ2n) is 5.28. The molecule has 1 N–H and O–H groups in total. The van der Waals surface area contributed by atoms with Crippen molar-refractivity contribution >= 4 is 30.3 Å². The third-order valence-corrected chi connectivity index (χ3v) is 5.68. The summed E-state index contributed by atoms with van der Waals surface area (Å²) >= 11 is 6.20. The molecule has 104 valence electrons. The highest BCUT2D eigenvalue weighted by molar-refractivity contribution is 8.00. The van der Waals surface area contributed by atoms with Crippen molar-refractivity contribution in [3.05, 3.63) is 29.3 Å². The van der Waals surface area contributed by atoms with E-state index in [0.29, 0.717) is 0 Å². The van der Waals surface area contributed by atoms with Gasteiger partial charge in [-0.1, -0.05) is 18.9 Å². The van der Waals surface area contributed by atoms with Crippen LogP contribution in [-0.2, 0) is 0 Å².